The van der Waals surface area contributed by atoms with Crippen LogP contribution in [0.2, 0.25) is 0 Å². The molecular formula is C21H29N3O. The second-order valence-corrected chi connectivity index (χ2v) is 7.79. The molecule has 0 bridgehead atoms. The van der Waals surface area contributed by atoms with Gasteiger partial charge in [-0.3, -0.25) is 4.79 Å². The SMILES string of the molecule is CC(C)CCNc1cc(C(=O)Nc2ccccc2C(C)(C)C)ccn1. The Balaban J connectivity index is 2.12. The Morgan fingerprint density at radius 3 is 2.56 bits per heavy atom. The molecule has 0 atom stereocenters. The molecule has 2 aromatic rings. The molecule has 0 radical (unpaired) electrons. The van der Waals surface area contributed by atoms with Crippen molar-refractivity contribution in [1.29, 1.82) is 0 Å². The molecule has 1 heterocycles. The lowest BCUT2D eigenvalue weighted by atomic mass is 9.86. The van der Waals surface area contributed by atoms with E-state index in [0.717, 1.165) is 30.0 Å². The number of amides is 1. The summed E-state index contributed by atoms with van der Waals surface area (Å²) in [6.07, 6.45) is 2.74. The Bertz CT molecular complexity index is 717. The largest absolute Gasteiger partial charge is 0.370 e. The quantitative estimate of drug-likeness (QED) is 0.771. The van der Waals surface area contributed by atoms with Crippen LogP contribution in [-0.2, 0) is 5.41 Å². The summed E-state index contributed by atoms with van der Waals surface area (Å²) in [5, 5.41) is 6.32. The van der Waals surface area contributed by atoms with Crippen LogP contribution in [0.15, 0.2) is 42.6 Å². The standard InChI is InChI=1S/C21H29N3O/c1-15(2)10-12-22-19-14-16(11-13-23-19)20(25)24-18-9-7-6-8-17(18)21(3,4)5/h6-9,11,13-15H,10,12H2,1-5H3,(H,22,23)(H,24,25). The Morgan fingerprint density at radius 2 is 1.88 bits per heavy atom. The van der Waals surface area contributed by atoms with Crippen LogP contribution in [-0.4, -0.2) is 17.4 Å². The van der Waals surface area contributed by atoms with Gasteiger partial charge in [0.25, 0.3) is 5.91 Å². The van der Waals surface area contributed by atoms with Gasteiger partial charge in [0.2, 0.25) is 0 Å². The minimum absolute atomic E-state index is 0.0360. The average molecular weight is 339 g/mol. The van der Waals surface area contributed by atoms with Crippen molar-refractivity contribution in [3.8, 4) is 0 Å². The molecule has 0 aliphatic rings. The molecule has 2 rings (SSSR count). The molecule has 134 valence electrons. The molecule has 2 N–H and O–H groups in total. The topological polar surface area (TPSA) is 54.0 Å². The number of rotatable bonds is 6. The second kappa shape index (κ2) is 8.15. The van der Waals surface area contributed by atoms with Gasteiger partial charge in [0.15, 0.2) is 0 Å². The molecule has 0 saturated heterocycles. The maximum atomic E-state index is 12.7. The Morgan fingerprint density at radius 1 is 1.16 bits per heavy atom. The first kappa shape index (κ1) is 19.0. The lowest BCUT2D eigenvalue weighted by Gasteiger charge is -2.23. The fraction of sp³-hybridized carbons (Fsp3) is 0.429. The van der Waals surface area contributed by atoms with Crippen molar-refractivity contribution >= 4 is 17.4 Å². The molecule has 1 aromatic carbocycles. The highest BCUT2D eigenvalue weighted by molar-refractivity contribution is 6.05. The van der Waals surface area contributed by atoms with Crippen molar-refractivity contribution < 1.29 is 4.79 Å². The fourth-order valence-corrected chi connectivity index (χ4v) is 2.60. The first-order valence-electron chi connectivity index (χ1n) is 8.88. The van der Waals surface area contributed by atoms with E-state index in [1.54, 1.807) is 18.3 Å². The van der Waals surface area contributed by atoms with Crippen molar-refractivity contribution in [2.24, 2.45) is 5.92 Å². The molecule has 4 nitrogen and oxygen atoms in total. The van der Waals surface area contributed by atoms with Crippen LogP contribution in [0.5, 0.6) is 0 Å². The maximum absolute atomic E-state index is 12.7. The zero-order valence-electron chi connectivity index (χ0n) is 15.9. The summed E-state index contributed by atoms with van der Waals surface area (Å²) >= 11 is 0. The van der Waals surface area contributed by atoms with E-state index >= 15 is 0 Å². The summed E-state index contributed by atoms with van der Waals surface area (Å²) in [5.74, 6) is 1.25. The molecule has 0 saturated carbocycles. The average Bonchev–Trinajstić information content (AvgIpc) is 2.54. The van der Waals surface area contributed by atoms with Gasteiger partial charge in [-0.2, -0.15) is 0 Å². The van der Waals surface area contributed by atoms with E-state index in [2.05, 4.69) is 56.3 Å². The van der Waals surface area contributed by atoms with Crippen molar-refractivity contribution in [3.63, 3.8) is 0 Å². The van der Waals surface area contributed by atoms with E-state index < -0.39 is 0 Å². The van der Waals surface area contributed by atoms with Crippen molar-refractivity contribution in [1.82, 2.24) is 4.98 Å². The number of carbonyl (C=O) groups is 1. The smallest absolute Gasteiger partial charge is 0.255 e. The minimum Gasteiger partial charge on any atom is -0.370 e. The maximum Gasteiger partial charge on any atom is 0.255 e. The predicted molar refractivity (Wildman–Crippen MR) is 105 cm³/mol. The highest BCUT2D eigenvalue weighted by Crippen LogP contribution is 2.29. The van der Waals surface area contributed by atoms with E-state index in [1.165, 1.54) is 0 Å². The summed E-state index contributed by atoms with van der Waals surface area (Å²) in [6, 6.07) is 11.5. The normalized spacial score (nSPS) is 11.4. The van der Waals surface area contributed by atoms with E-state index in [9.17, 15) is 4.79 Å². The second-order valence-electron chi connectivity index (χ2n) is 7.79. The highest BCUT2D eigenvalue weighted by Gasteiger charge is 2.19. The van der Waals surface area contributed by atoms with Crippen LogP contribution < -0.4 is 10.6 Å². The van der Waals surface area contributed by atoms with Gasteiger partial charge in [0.05, 0.1) is 0 Å². The van der Waals surface area contributed by atoms with E-state index in [0.29, 0.717) is 11.5 Å². The van der Waals surface area contributed by atoms with Gasteiger partial charge < -0.3 is 10.6 Å². The van der Waals surface area contributed by atoms with Crippen molar-refractivity contribution in [2.45, 2.75) is 46.5 Å². The van der Waals surface area contributed by atoms with Crippen LogP contribution in [0.1, 0.15) is 57.0 Å². The van der Waals surface area contributed by atoms with Gasteiger partial charge in [-0.1, -0.05) is 52.8 Å². The van der Waals surface area contributed by atoms with Crippen LogP contribution >= 0.6 is 0 Å². The van der Waals surface area contributed by atoms with Gasteiger partial charge in [-0.05, 0) is 41.5 Å². The number of hydrogen-bond acceptors (Lipinski definition) is 3. The summed E-state index contributed by atoms with van der Waals surface area (Å²) < 4.78 is 0. The Labute approximate surface area is 151 Å². The number of nitrogens with one attached hydrogen (secondary N) is 2. The lowest BCUT2D eigenvalue weighted by molar-refractivity contribution is 0.102. The molecule has 25 heavy (non-hydrogen) atoms. The van der Waals surface area contributed by atoms with E-state index in [-0.39, 0.29) is 11.3 Å². The lowest BCUT2D eigenvalue weighted by Crippen LogP contribution is -2.19. The van der Waals surface area contributed by atoms with Crippen LogP contribution in [0.25, 0.3) is 0 Å². The Hall–Kier alpha value is -2.36. The fourth-order valence-electron chi connectivity index (χ4n) is 2.60. The molecule has 4 heteroatoms. The number of hydrogen-bond donors (Lipinski definition) is 2. The zero-order valence-corrected chi connectivity index (χ0v) is 15.9. The predicted octanol–water partition coefficient (Wildman–Crippen LogP) is 5.09. The van der Waals surface area contributed by atoms with Crippen molar-refractivity contribution in [2.75, 3.05) is 17.2 Å². The van der Waals surface area contributed by atoms with Crippen molar-refractivity contribution in [3.05, 3.63) is 53.7 Å². The van der Waals surface area contributed by atoms with E-state index in [1.807, 2.05) is 18.2 Å². The summed E-state index contributed by atoms with van der Waals surface area (Å²) in [4.78, 5) is 17.0. The number of benzene rings is 1. The summed E-state index contributed by atoms with van der Waals surface area (Å²) in [7, 11) is 0. The third-order valence-electron chi connectivity index (χ3n) is 4.03. The molecular weight excluding hydrogens is 310 g/mol. The van der Waals surface area contributed by atoms with Crippen LogP contribution in [0.4, 0.5) is 11.5 Å². The van der Waals surface area contributed by atoms with Gasteiger partial charge >= 0.3 is 0 Å². The zero-order chi connectivity index (χ0) is 18.4. The first-order valence-corrected chi connectivity index (χ1v) is 8.88. The number of pyridine rings is 1. The number of nitrogens with zero attached hydrogens (tertiary/aromatic N) is 1. The monoisotopic (exact) mass is 339 g/mol. The third kappa shape index (κ3) is 5.59. The van der Waals surface area contributed by atoms with Crippen LogP contribution in [0, 0.1) is 5.92 Å². The number of anilines is 2. The van der Waals surface area contributed by atoms with Gasteiger partial charge in [0.1, 0.15) is 5.82 Å². The third-order valence-corrected chi connectivity index (χ3v) is 4.03. The molecule has 0 spiro atoms. The molecule has 1 aromatic heterocycles. The number of para-hydroxylation sites is 1. The summed E-state index contributed by atoms with van der Waals surface area (Å²) in [6.45, 7) is 11.6. The number of carbonyl (C=O) groups excluding carboxylic acids is 1. The first-order chi connectivity index (χ1) is 11.8. The molecule has 0 unspecified atom stereocenters. The molecule has 0 aliphatic heterocycles. The molecule has 0 fully saturated rings. The highest BCUT2D eigenvalue weighted by atomic mass is 16.1. The Kier molecular flexibility index (Phi) is 6.18. The van der Waals surface area contributed by atoms with Crippen LogP contribution in [0.3, 0.4) is 0 Å². The molecule has 1 amide bonds. The van der Waals surface area contributed by atoms with Gasteiger partial charge in [0, 0.05) is 24.0 Å². The summed E-state index contributed by atoms with van der Waals surface area (Å²) in [5.41, 5.74) is 2.54. The van der Waals surface area contributed by atoms with Gasteiger partial charge in [-0.15, -0.1) is 0 Å². The van der Waals surface area contributed by atoms with E-state index in [4.69, 9.17) is 0 Å². The number of aromatic nitrogens is 1. The molecule has 0 aliphatic carbocycles. The minimum atomic E-state index is -0.119. The van der Waals surface area contributed by atoms with Gasteiger partial charge in [-0.25, -0.2) is 4.98 Å².